The Balaban J connectivity index is 1.42. The van der Waals surface area contributed by atoms with Gasteiger partial charge in [-0.3, -0.25) is 14.4 Å². The molecule has 170 valence electrons. The van der Waals surface area contributed by atoms with Crippen molar-refractivity contribution in [1.29, 1.82) is 0 Å². The Labute approximate surface area is 188 Å². The molecule has 1 unspecified atom stereocenters. The van der Waals surface area contributed by atoms with E-state index in [2.05, 4.69) is 15.7 Å². The van der Waals surface area contributed by atoms with Gasteiger partial charge in [-0.2, -0.15) is 9.36 Å². The second kappa shape index (κ2) is 8.69. The lowest BCUT2D eigenvalue weighted by atomic mass is 10.1. The molecule has 3 aromatic rings. The lowest BCUT2D eigenvalue weighted by Gasteiger charge is -2.18. The van der Waals surface area contributed by atoms with Gasteiger partial charge in [0.2, 0.25) is 17.7 Å². The number of tetrazole rings is 1. The summed E-state index contributed by atoms with van der Waals surface area (Å²) in [6.07, 6.45) is 0.134. The van der Waals surface area contributed by atoms with E-state index in [0.29, 0.717) is 17.9 Å². The Hall–Kier alpha value is -4.28. The number of aryl methyl sites for hydroxylation is 2. The van der Waals surface area contributed by atoms with E-state index in [1.54, 1.807) is 29.2 Å². The standard InChI is InChI=1S/C22H23N7O4/c1-13-3-6-18(9-14(13)2)27-11-15(10-20(27)31)21(32)24-16-4-7-17(8-5-16)29-22(33)28(25-26-29)12-19(23)30/h3-9,15H,10-12H2,1-2H3,(H2,23,30)(H,24,32). The summed E-state index contributed by atoms with van der Waals surface area (Å²) in [6.45, 7) is 3.93. The molecule has 0 saturated carbocycles. The van der Waals surface area contributed by atoms with Crippen molar-refractivity contribution >= 4 is 29.1 Å². The van der Waals surface area contributed by atoms with Gasteiger partial charge in [-0.25, -0.2) is 4.79 Å². The van der Waals surface area contributed by atoms with Gasteiger partial charge in [-0.1, -0.05) is 6.07 Å². The number of primary amides is 1. The van der Waals surface area contributed by atoms with E-state index in [0.717, 1.165) is 26.2 Å². The summed E-state index contributed by atoms with van der Waals surface area (Å²) in [5.41, 5.74) is 8.41. The van der Waals surface area contributed by atoms with Crippen molar-refractivity contribution in [2.45, 2.75) is 26.8 Å². The summed E-state index contributed by atoms with van der Waals surface area (Å²) < 4.78 is 1.88. The van der Waals surface area contributed by atoms with Gasteiger partial charge < -0.3 is 16.0 Å². The van der Waals surface area contributed by atoms with Crippen LogP contribution in [0, 0.1) is 19.8 Å². The molecule has 1 aliphatic rings. The number of nitrogens with zero attached hydrogens (tertiary/aromatic N) is 5. The van der Waals surface area contributed by atoms with Gasteiger partial charge in [-0.15, -0.1) is 0 Å². The van der Waals surface area contributed by atoms with Crippen LogP contribution in [0.15, 0.2) is 47.3 Å². The molecule has 3 N–H and O–H groups in total. The third-order valence-corrected chi connectivity index (χ3v) is 5.62. The number of amides is 3. The van der Waals surface area contributed by atoms with Crippen LogP contribution in [-0.4, -0.2) is 44.1 Å². The molecule has 1 saturated heterocycles. The molecule has 2 heterocycles. The van der Waals surface area contributed by atoms with E-state index in [9.17, 15) is 19.2 Å². The third kappa shape index (κ3) is 4.52. The van der Waals surface area contributed by atoms with Crippen molar-refractivity contribution in [3.63, 3.8) is 0 Å². The number of benzene rings is 2. The molecule has 2 aromatic carbocycles. The molecule has 0 aliphatic carbocycles. The summed E-state index contributed by atoms with van der Waals surface area (Å²) in [5, 5.41) is 10.2. The van der Waals surface area contributed by atoms with Gasteiger partial charge in [0.05, 0.1) is 11.6 Å². The highest BCUT2D eigenvalue weighted by Crippen LogP contribution is 2.27. The molecule has 1 aromatic heterocycles. The lowest BCUT2D eigenvalue weighted by molar-refractivity contribution is -0.122. The van der Waals surface area contributed by atoms with E-state index in [-0.39, 0.29) is 24.8 Å². The molecule has 1 atom stereocenters. The van der Waals surface area contributed by atoms with E-state index in [1.165, 1.54) is 0 Å². The zero-order chi connectivity index (χ0) is 23.7. The first-order chi connectivity index (χ1) is 15.7. The molecule has 33 heavy (non-hydrogen) atoms. The fraction of sp³-hybridized carbons (Fsp3) is 0.273. The van der Waals surface area contributed by atoms with E-state index in [1.807, 2.05) is 32.0 Å². The van der Waals surface area contributed by atoms with Crippen LogP contribution in [0.25, 0.3) is 5.69 Å². The number of hydrogen-bond donors (Lipinski definition) is 2. The van der Waals surface area contributed by atoms with Gasteiger partial charge >= 0.3 is 5.69 Å². The monoisotopic (exact) mass is 449 g/mol. The van der Waals surface area contributed by atoms with Crippen LogP contribution < -0.4 is 21.6 Å². The molecule has 3 amide bonds. The number of carbonyl (C=O) groups excluding carboxylic acids is 3. The average molecular weight is 449 g/mol. The lowest BCUT2D eigenvalue weighted by Crippen LogP contribution is -2.30. The highest BCUT2D eigenvalue weighted by Gasteiger charge is 2.35. The Morgan fingerprint density at radius 2 is 1.73 bits per heavy atom. The number of aromatic nitrogens is 4. The Bertz CT molecular complexity index is 1290. The topological polar surface area (TPSA) is 145 Å². The van der Waals surface area contributed by atoms with Crippen molar-refractivity contribution in [3.8, 4) is 5.69 Å². The Morgan fingerprint density at radius 1 is 1.03 bits per heavy atom. The average Bonchev–Trinajstić information content (AvgIpc) is 3.33. The number of hydrogen-bond acceptors (Lipinski definition) is 6. The summed E-state index contributed by atoms with van der Waals surface area (Å²) in [4.78, 5) is 50.1. The maximum atomic E-state index is 12.8. The van der Waals surface area contributed by atoms with Gasteiger partial charge in [0, 0.05) is 24.3 Å². The SMILES string of the molecule is Cc1ccc(N2CC(C(=O)Nc3ccc(-n4nnn(CC(N)=O)c4=O)cc3)CC2=O)cc1C. The minimum atomic E-state index is -0.705. The normalized spacial score (nSPS) is 15.6. The van der Waals surface area contributed by atoms with Crippen molar-refractivity contribution in [1.82, 2.24) is 19.8 Å². The fourth-order valence-electron chi connectivity index (χ4n) is 3.64. The van der Waals surface area contributed by atoms with Crippen LogP contribution in [-0.2, 0) is 20.9 Å². The Morgan fingerprint density at radius 3 is 2.39 bits per heavy atom. The molecule has 1 fully saturated rings. The predicted molar refractivity (Wildman–Crippen MR) is 120 cm³/mol. The van der Waals surface area contributed by atoms with Gasteiger partial charge in [0.1, 0.15) is 6.54 Å². The van der Waals surface area contributed by atoms with Gasteiger partial charge in [-0.05, 0) is 71.8 Å². The van der Waals surface area contributed by atoms with Gasteiger partial charge in [0.25, 0.3) is 0 Å². The van der Waals surface area contributed by atoms with Crippen molar-refractivity contribution in [2.24, 2.45) is 11.7 Å². The smallest absolute Gasteiger partial charge is 0.368 e. The van der Waals surface area contributed by atoms with Crippen LogP contribution in [0.1, 0.15) is 17.5 Å². The highest BCUT2D eigenvalue weighted by atomic mass is 16.2. The second-order valence-electron chi connectivity index (χ2n) is 8.01. The molecule has 1 aliphatic heterocycles. The summed E-state index contributed by atoms with van der Waals surface area (Å²) >= 11 is 0. The predicted octanol–water partition coefficient (Wildman–Crippen LogP) is 0.523. The summed E-state index contributed by atoms with van der Waals surface area (Å²) in [5.74, 6) is -1.53. The molecule has 0 radical (unpaired) electrons. The Kier molecular flexibility index (Phi) is 5.78. The van der Waals surface area contributed by atoms with E-state index < -0.39 is 17.5 Å². The minimum Gasteiger partial charge on any atom is -0.368 e. The third-order valence-electron chi connectivity index (χ3n) is 5.62. The summed E-state index contributed by atoms with van der Waals surface area (Å²) in [7, 11) is 0. The molecule has 11 heteroatoms. The molecule has 0 spiro atoms. The van der Waals surface area contributed by atoms with E-state index in [4.69, 9.17) is 5.73 Å². The first kappa shape index (κ1) is 21.9. The zero-order valence-corrected chi connectivity index (χ0v) is 18.2. The molecule has 11 nitrogen and oxygen atoms in total. The largest absolute Gasteiger partial charge is 0.368 e. The van der Waals surface area contributed by atoms with Crippen molar-refractivity contribution in [2.75, 3.05) is 16.8 Å². The molecular formula is C22H23N7O4. The zero-order valence-electron chi connectivity index (χ0n) is 18.2. The van der Waals surface area contributed by atoms with Crippen LogP contribution >= 0.6 is 0 Å². The number of nitrogens with two attached hydrogens (primary N) is 1. The maximum absolute atomic E-state index is 12.8. The number of rotatable bonds is 6. The molecule has 0 bridgehead atoms. The number of carbonyl (C=O) groups is 3. The minimum absolute atomic E-state index is 0.0906. The molecule has 4 rings (SSSR count). The fourth-order valence-corrected chi connectivity index (χ4v) is 3.64. The maximum Gasteiger partial charge on any atom is 0.368 e. The van der Waals surface area contributed by atoms with Gasteiger partial charge in [0.15, 0.2) is 0 Å². The first-order valence-electron chi connectivity index (χ1n) is 10.3. The first-order valence-corrected chi connectivity index (χ1v) is 10.3. The summed E-state index contributed by atoms with van der Waals surface area (Å²) in [6, 6.07) is 12.2. The second-order valence-corrected chi connectivity index (χ2v) is 8.01. The molecular weight excluding hydrogens is 426 g/mol. The quantitative estimate of drug-likeness (QED) is 0.561. The van der Waals surface area contributed by atoms with Crippen molar-refractivity contribution < 1.29 is 14.4 Å². The number of nitrogens with one attached hydrogen (secondary N) is 1. The highest BCUT2D eigenvalue weighted by molar-refractivity contribution is 6.03. The van der Waals surface area contributed by atoms with Crippen LogP contribution in [0.5, 0.6) is 0 Å². The van der Waals surface area contributed by atoms with Crippen LogP contribution in [0.3, 0.4) is 0 Å². The van der Waals surface area contributed by atoms with Crippen LogP contribution in [0.4, 0.5) is 11.4 Å². The van der Waals surface area contributed by atoms with Crippen LogP contribution in [0.2, 0.25) is 0 Å². The van der Waals surface area contributed by atoms with Crippen molar-refractivity contribution in [3.05, 3.63) is 64.1 Å². The van der Waals surface area contributed by atoms with E-state index >= 15 is 0 Å². The number of anilines is 2.